The first kappa shape index (κ1) is 14.4. The summed E-state index contributed by atoms with van der Waals surface area (Å²) >= 11 is 0. The molecule has 0 aromatic heterocycles. The van der Waals surface area contributed by atoms with E-state index in [1.807, 2.05) is 0 Å². The predicted molar refractivity (Wildman–Crippen MR) is 58.0 cm³/mol. The zero-order valence-corrected chi connectivity index (χ0v) is 9.30. The molecule has 0 atom stereocenters. The zero-order chi connectivity index (χ0) is 12.7. The van der Waals surface area contributed by atoms with Crippen LogP contribution in [0, 0.1) is 0 Å². The molecule has 0 saturated heterocycles. The molecule has 5 nitrogen and oxygen atoms in total. The quantitative estimate of drug-likeness (QED) is 0.593. The molecule has 0 bridgehead atoms. The molecule has 0 aliphatic heterocycles. The minimum absolute atomic E-state index is 0.165. The highest BCUT2D eigenvalue weighted by molar-refractivity contribution is 5.86. The number of rotatable bonds is 6. The minimum Gasteiger partial charge on any atom is -0.478 e. The van der Waals surface area contributed by atoms with Gasteiger partial charge in [0.15, 0.2) is 0 Å². The number of hydrogen-bond donors (Lipinski definition) is 3. The number of carbonyl (C=O) groups is 2. The smallest absolute Gasteiger partial charge is 0.330 e. The SMILES string of the molecule is CC(=CCC(O)CC=C(C)C(=O)O)C(=O)O. The van der Waals surface area contributed by atoms with E-state index >= 15 is 0 Å². The van der Waals surface area contributed by atoms with E-state index in [4.69, 9.17) is 10.2 Å². The van der Waals surface area contributed by atoms with E-state index in [-0.39, 0.29) is 24.0 Å². The van der Waals surface area contributed by atoms with E-state index in [2.05, 4.69) is 0 Å². The number of carboxylic acids is 2. The molecule has 0 aromatic carbocycles. The summed E-state index contributed by atoms with van der Waals surface area (Å²) in [4.78, 5) is 20.9. The second-order valence-corrected chi connectivity index (χ2v) is 3.51. The summed E-state index contributed by atoms with van der Waals surface area (Å²) in [7, 11) is 0. The Kier molecular flexibility index (Phi) is 6.10. The van der Waals surface area contributed by atoms with Crippen molar-refractivity contribution in [2.45, 2.75) is 32.8 Å². The molecular formula is C11H16O5. The lowest BCUT2D eigenvalue weighted by molar-refractivity contribution is -0.133. The lowest BCUT2D eigenvalue weighted by Gasteiger charge is -2.04. The molecule has 0 radical (unpaired) electrons. The van der Waals surface area contributed by atoms with Gasteiger partial charge in [0.1, 0.15) is 0 Å². The van der Waals surface area contributed by atoms with Crippen LogP contribution in [0.1, 0.15) is 26.7 Å². The summed E-state index contributed by atoms with van der Waals surface area (Å²) in [5.41, 5.74) is 0.330. The molecular weight excluding hydrogens is 212 g/mol. The van der Waals surface area contributed by atoms with Gasteiger partial charge in [-0.25, -0.2) is 9.59 Å². The first-order valence-electron chi connectivity index (χ1n) is 4.82. The van der Waals surface area contributed by atoms with Gasteiger partial charge in [-0.2, -0.15) is 0 Å². The Morgan fingerprint density at radius 3 is 1.56 bits per heavy atom. The maximum Gasteiger partial charge on any atom is 0.330 e. The van der Waals surface area contributed by atoms with Gasteiger partial charge < -0.3 is 15.3 Å². The summed E-state index contributed by atoms with van der Waals surface area (Å²) in [5.74, 6) is -2.05. The first-order valence-corrected chi connectivity index (χ1v) is 4.82. The van der Waals surface area contributed by atoms with Gasteiger partial charge in [0.2, 0.25) is 0 Å². The third kappa shape index (κ3) is 5.98. The van der Waals surface area contributed by atoms with Crippen molar-refractivity contribution in [1.29, 1.82) is 0 Å². The Hall–Kier alpha value is -1.62. The van der Waals surface area contributed by atoms with Gasteiger partial charge in [0, 0.05) is 11.1 Å². The van der Waals surface area contributed by atoms with Crippen molar-refractivity contribution >= 4 is 11.9 Å². The van der Waals surface area contributed by atoms with E-state index in [1.54, 1.807) is 0 Å². The Bertz CT molecular complexity index is 295. The molecule has 0 aliphatic rings. The fourth-order valence-corrected chi connectivity index (χ4v) is 0.896. The van der Waals surface area contributed by atoms with Crippen molar-refractivity contribution in [3.05, 3.63) is 23.3 Å². The van der Waals surface area contributed by atoms with Gasteiger partial charge in [0.05, 0.1) is 6.10 Å². The van der Waals surface area contributed by atoms with Crippen LogP contribution in [0.3, 0.4) is 0 Å². The van der Waals surface area contributed by atoms with Crippen LogP contribution in [0.2, 0.25) is 0 Å². The fourth-order valence-electron chi connectivity index (χ4n) is 0.896. The van der Waals surface area contributed by atoms with Crippen molar-refractivity contribution in [2.75, 3.05) is 0 Å². The third-order valence-electron chi connectivity index (χ3n) is 2.07. The number of aliphatic hydroxyl groups is 1. The molecule has 0 rings (SSSR count). The van der Waals surface area contributed by atoms with Crippen LogP contribution in [0.15, 0.2) is 23.3 Å². The van der Waals surface area contributed by atoms with Crippen LogP contribution in [0.4, 0.5) is 0 Å². The lowest BCUT2D eigenvalue weighted by Crippen LogP contribution is -2.06. The second kappa shape index (κ2) is 6.79. The summed E-state index contributed by atoms with van der Waals surface area (Å²) in [5, 5.41) is 26.5. The second-order valence-electron chi connectivity index (χ2n) is 3.51. The van der Waals surface area contributed by atoms with Gasteiger partial charge in [-0.05, 0) is 26.7 Å². The van der Waals surface area contributed by atoms with Gasteiger partial charge >= 0.3 is 11.9 Å². The van der Waals surface area contributed by atoms with E-state index in [9.17, 15) is 14.7 Å². The highest BCUT2D eigenvalue weighted by Gasteiger charge is 2.05. The summed E-state index contributed by atoms with van der Waals surface area (Å²) < 4.78 is 0. The molecule has 0 amide bonds. The Balaban J connectivity index is 4.15. The van der Waals surface area contributed by atoms with Gasteiger partial charge in [0.25, 0.3) is 0 Å². The summed E-state index contributed by atoms with van der Waals surface area (Å²) in [6, 6.07) is 0. The predicted octanol–water partition coefficient (Wildman–Crippen LogP) is 1.19. The van der Waals surface area contributed by atoms with Crippen LogP contribution >= 0.6 is 0 Å². The zero-order valence-electron chi connectivity index (χ0n) is 9.30. The monoisotopic (exact) mass is 228 g/mol. The maximum atomic E-state index is 10.4. The maximum absolute atomic E-state index is 10.4. The highest BCUT2D eigenvalue weighted by atomic mass is 16.4. The average molecular weight is 228 g/mol. The van der Waals surface area contributed by atoms with Gasteiger partial charge in [-0.3, -0.25) is 0 Å². The normalized spacial score (nSPS) is 14.7. The van der Waals surface area contributed by atoms with Gasteiger partial charge in [-0.1, -0.05) is 12.2 Å². The summed E-state index contributed by atoms with van der Waals surface area (Å²) in [6.07, 6.45) is 2.46. The van der Waals surface area contributed by atoms with Gasteiger partial charge in [-0.15, -0.1) is 0 Å². The lowest BCUT2D eigenvalue weighted by atomic mass is 10.1. The van der Waals surface area contributed by atoms with Crippen LogP contribution in [-0.2, 0) is 9.59 Å². The fraction of sp³-hybridized carbons (Fsp3) is 0.455. The summed E-state index contributed by atoms with van der Waals surface area (Å²) in [6.45, 7) is 2.88. The van der Waals surface area contributed by atoms with Crippen molar-refractivity contribution in [2.24, 2.45) is 0 Å². The molecule has 0 unspecified atom stereocenters. The average Bonchev–Trinajstić information content (AvgIpc) is 2.21. The largest absolute Gasteiger partial charge is 0.478 e. The molecule has 0 fully saturated rings. The van der Waals surface area contributed by atoms with Crippen LogP contribution < -0.4 is 0 Å². The van der Waals surface area contributed by atoms with Crippen molar-refractivity contribution in [3.63, 3.8) is 0 Å². The molecule has 0 spiro atoms. The molecule has 0 heterocycles. The van der Waals surface area contributed by atoms with Crippen molar-refractivity contribution in [1.82, 2.24) is 0 Å². The molecule has 0 aromatic rings. The van der Waals surface area contributed by atoms with Crippen molar-refractivity contribution in [3.8, 4) is 0 Å². The minimum atomic E-state index is -1.02. The first-order chi connectivity index (χ1) is 7.34. The van der Waals surface area contributed by atoms with Crippen LogP contribution in [0.25, 0.3) is 0 Å². The Morgan fingerprint density at radius 2 is 1.31 bits per heavy atom. The number of carboxylic acid groups (broad SMARTS) is 2. The Morgan fingerprint density at radius 1 is 1.00 bits per heavy atom. The number of aliphatic hydroxyl groups excluding tert-OH is 1. The number of aliphatic carboxylic acids is 2. The molecule has 3 N–H and O–H groups in total. The van der Waals surface area contributed by atoms with Crippen molar-refractivity contribution < 1.29 is 24.9 Å². The molecule has 0 saturated carbocycles. The molecule has 16 heavy (non-hydrogen) atoms. The van der Waals surface area contributed by atoms with Crippen LogP contribution in [-0.4, -0.2) is 33.4 Å². The molecule has 0 aliphatic carbocycles. The van der Waals surface area contributed by atoms with E-state index < -0.39 is 18.0 Å². The molecule has 5 heteroatoms. The van der Waals surface area contributed by atoms with Crippen LogP contribution in [0.5, 0.6) is 0 Å². The molecule has 90 valence electrons. The third-order valence-corrected chi connectivity index (χ3v) is 2.07. The topological polar surface area (TPSA) is 94.8 Å². The van der Waals surface area contributed by atoms with E-state index in [1.165, 1.54) is 26.0 Å². The number of hydrogen-bond acceptors (Lipinski definition) is 3. The highest BCUT2D eigenvalue weighted by Crippen LogP contribution is 2.06. The van der Waals surface area contributed by atoms with E-state index in [0.29, 0.717) is 0 Å². The Labute approximate surface area is 93.7 Å². The standard InChI is InChI=1S/C11H16O5/c1-7(10(13)14)3-5-9(12)6-4-8(2)11(15)16/h3-4,9,12H,5-6H2,1-2H3,(H,13,14)(H,15,16). The van der Waals surface area contributed by atoms with E-state index in [0.717, 1.165) is 0 Å².